The molecule has 0 aromatic heterocycles. The lowest BCUT2D eigenvalue weighted by Crippen LogP contribution is -2.18. The Morgan fingerprint density at radius 1 is 1.89 bits per heavy atom. The van der Waals surface area contributed by atoms with Crippen LogP contribution in [0, 0.1) is 5.53 Å². The van der Waals surface area contributed by atoms with Crippen LogP contribution in [0.15, 0.2) is 17.3 Å². The van der Waals surface area contributed by atoms with E-state index >= 15 is 0 Å². The molecule has 0 radical (unpaired) electrons. The molecule has 9 heavy (non-hydrogen) atoms. The minimum absolute atomic E-state index is 0.0452. The Hall–Kier alpha value is -1.03. The largest absolute Gasteiger partial charge is 0.343 e. The van der Waals surface area contributed by atoms with Gasteiger partial charge in [0, 0.05) is 0 Å². The lowest BCUT2D eigenvalue weighted by molar-refractivity contribution is -0.121. The summed E-state index contributed by atoms with van der Waals surface area (Å²) in [4.78, 5) is 10.4. The number of ether oxygens (including phenoxy) is 1. The van der Waals surface area contributed by atoms with E-state index in [4.69, 9.17) is 10.3 Å². The Labute approximate surface area is 52.0 Å². The van der Waals surface area contributed by atoms with E-state index in [1.54, 1.807) is 0 Å². The zero-order chi connectivity index (χ0) is 6.69. The van der Waals surface area contributed by atoms with Gasteiger partial charge in [0.05, 0.1) is 0 Å². The molecular weight excluding hydrogens is 120 g/mol. The Balaban J connectivity index is 2.57. The molecule has 0 saturated carbocycles. The zero-order valence-electron chi connectivity index (χ0n) is 4.70. The van der Waals surface area contributed by atoms with E-state index in [-0.39, 0.29) is 12.4 Å². The van der Waals surface area contributed by atoms with Crippen LogP contribution in [0.5, 0.6) is 0 Å². The number of hydrogen-bond donors (Lipinski definition) is 1. The summed E-state index contributed by atoms with van der Waals surface area (Å²) in [6.07, 6.45) is 2.30. The monoisotopic (exact) mass is 126 g/mol. The van der Waals surface area contributed by atoms with Crippen LogP contribution in [-0.2, 0) is 9.53 Å². The molecule has 1 rings (SSSR count). The molecule has 0 amide bonds. The summed E-state index contributed by atoms with van der Waals surface area (Å²) >= 11 is 0. The Morgan fingerprint density at radius 3 is 3.11 bits per heavy atom. The molecule has 1 N–H and O–H groups in total. The van der Waals surface area contributed by atoms with Gasteiger partial charge in [-0.1, -0.05) is 0 Å². The molecule has 0 aromatic carbocycles. The second-order valence-electron chi connectivity index (χ2n) is 1.66. The highest BCUT2D eigenvalue weighted by molar-refractivity contribution is 5.91. The summed E-state index contributed by atoms with van der Waals surface area (Å²) < 4.78 is 4.75. The molecule has 4 heteroatoms. The maximum Gasteiger partial charge on any atom is 0.187 e. The topological polar surface area (TPSA) is 62.5 Å². The van der Waals surface area contributed by atoms with Gasteiger partial charge >= 0.3 is 0 Å². The smallest absolute Gasteiger partial charge is 0.187 e. The van der Waals surface area contributed by atoms with Crippen LogP contribution in [-0.4, -0.2) is 18.6 Å². The minimum Gasteiger partial charge on any atom is -0.343 e. The minimum atomic E-state index is -0.539. The van der Waals surface area contributed by atoms with Gasteiger partial charge in [0.15, 0.2) is 12.0 Å². The van der Waals surface area contributed by atoms with Crippen LogP contribution >= 0.6 is 0 Å². The molecule has 1 aliphatic rings. The van der Waals surface area contributed by atoms with Gasteiger partial charge in [0.1, 0.15) is 6.61 Å². The number of nitrogens with zero attached hydrogens (tertiary/aromatic N) is 1. The van der Waals surface area contributed by atoms with Gasteiger partial charge in [-0.15, -0.1) is 0 Å². The van der Waals surface area contributed by atoms with Crippen molar-refractivity contribution in [3.8, 4) is 0 Å². The number of nitrogens with one attached hydrogen (secondary N) is 1. The van der Waals surface area contributed by atoms with Gasteiger partial charge in [-0.25, -0.2) is 5.53 Å². The van der Waals surface area contributed by atoms with E-state index in [1.807, 2.05) is 0 Å². The van der Waals surface area contributed by atoms with Crippen molar-refractivity contribution in [2.45, 2.75) is 6.23 Å². The summed E-state index contributed by atoms with van der Waals surface area (Å²) in [6.45, 7) is 0.0452. The van der Waals surface area contributed by atoms with Crippen LogP contribution < -0.4 is 0 Å². The van der Waals surface area contributed by atoms with Gasteiger partial charge in [-0.2, -0.15) is 5.11 Å². The molecule has 0 fully saturated rings. The predicted molar refractivity (Wildman–Crippen MR) is 29.0 cm³/mol. The molecule has 0 spiro atoms. The van der Waals surface area contributed by atoms with Crippen molar-refractivity contribution in [3.05, 3.63) is 12.2 Å². The van der Waals surface area contributed by atoms with Crippen LogP contribution in [0.1, 0.15) is 0 Å². The summed E-state index contributed by atoms with van der Waals surface area (Å²) in [6, 6.07) is 0. The average molecular weight is 126 g/mol. The average Bonchev–Trinajstić information content (AvgIpc) is 1.90. The number of carbonyl (C=O) groups excluding carboxylic acids is 1. The van der Waals surface area contributed by atoms with E-state index in [1.165, 1.54) is 12.2 Å². The molecule has 1 aliphatic heterocycles. The molecular formula is C5H6N2O2. The van der Waals surface area contributed by atoms with Gasteiger partial charge in [0.25, 0.3) is 0 Å². The number of rotatable bonds is 1. The number of hydrogen-bond acceptors (Lipinski definition) is 4. The second kappa shape index (κ2) is 2.50. The Bertz CT molecular complexity index is 164. The van der Waals surface area contributed by atoms with Crippen molar-refractivity contribution in [1.82, 2.24) is 0 Å². The molecule has 0 saturated heterocycles. The fourth-order valence-corrected chi connectivity index (χ4v) is 0.541. The Kier molecular flexibility index (Phi) is 1.69. The lowest BCUT2D eigenvalue weighted by atomic mass is 10.3. The second-order valence-corrected chi connectivity index (χ2v) is 1.66. The maximum absolute atomic E-state index is 10.4. The first kappa shape index (κ1) is 6.10. The van der Waals surface area contributed by atoms with E-state index in [0.29, 0.717) is 0 Å². The first-order chi connectivity index (χ1) is 4.33. The summed E-state index contributed by atoms with van der Waals surface area (Å²) in [5.41, 5.74) is 6.50. The molecule has 0 aliphatic carbocycles. The van der Waals surface area contributed by atoms with Gasteiger partial charge < -0.3 is 4.74 Å². The van der Waals surface area contributed by atoms with Crippen LogP contribution in [0.2, 0.25) is 0 Å². The third kappa shape index (κ3) is 1.43. The molecule has 48 valence electrons. The number of carbonyl (C=O) groups is 1. The first-order valence-corrected chi connectivity index (χ1v) is 2.52. The quantitative estimate of drug-likeness (QED) is 0.520. The summed E-state index contributed by atoms with van der Waals surface area (Å²) in [7, 11) is 0. The third-order valence-electron chi connectivity index (χ3n) is 0.970. The van der Waals surface area contributed by atoms with E-state index < -0.39 is 6.23 Å². The lowest BCUT2D eigenvalue weighted by Gasteiger charge is -2.09. The van der Waals surface area contributed by atoms with Crippen LogP contribution in [0.4, 0.5) is 0 Å². The van der Waals surface area contributed by atoms with Crippen molar-refractivity contribution in [1.29, 1.82) is 5.53 Å². The van der Waals surface area contributed by atoms with E-state index in [9.17, 15) is 4.79 Å². The van der Waals surface area contributed by atoms with E-state index in [2.05, 4.69) is 5.11 Å². The number of ketones is 1. The Morgan fingerprint density at radius 2 is 2.67 bits per heavy atom. The fraction of sp³-hybridized carbons (Fsp3) is 0.400. The van der Waals surface area contributed by atoms with Gasteiger partial charge in [-0.05, 0) is 12.2 Å². The standard InChI is InChI=1S/C5H6N2O2/c6-7-5-2-1-4(8)3-9-5/h1-2,5-6H,3H2. The molecule has 0 bridgehead atoms. The molecule has 1 atom stereocenters. The SMILES string of the molecule is N=NC1C=CC(=O)CO1. The van der Waals surface area contributed by atoms with Gasteiger partial charge in [-0.3, -0.25) is 4.79 Å². The predicted octanol–water partition coefficient (Wildman–Crippen LogP) is 0.499. The molecule has 0 aromatic rings. The molecule has 4 nitrogen and oxygen atoms in total. The first-order valence-electron chi connectivity index (χ1n) is 2.52. The fourth-order valence-electron chi connectivity index (χ4n) is 0.541. The van der Waals surface area contributed by atoms with Crippen molar-refractivity contribution >= 4 is 5.78 Å². The van der Waals surface area contributed by atoms with Crippen LogP contribution in [0.25, 0.3) is 0 Å². The highest BCUT2D eigenvalue weighted by Gasteiger charge is 2.10. The van der Waals surface area contributed by atoms with Crippen molar-refractivity contribution in [3.63, 3.8) is 0 Å². The van der Waals surface area contributed by atoms with Crippen molar-refractivity contribution < 1.29 is 9.53 Å². The highest BCUT2D eigenvalue weighted by Crippen LogP contribution is 2.01. The van der Waals surface area contributed by atoms with Crippen molar-refractivity contribution in [2.24, 2.45) is 5.11 Å². The zero-order valence-corrected chi connectivity index (χ0v) is 4.70. The highest BCUT2D eigenvalue weighted by atomic mass is 16.5. The summed E-state index contributed by atoms with van der Waals surface area (Å²) in [5, 5.41) is 3.07. The molecule has 1 heterocycles. The third-order valence-corrected chi connectivity index (χ3v) is 0.970. The maximum atomic E-state index is 10.4. The van der Waals surface area contributed by atoms with Gasteiger partial charge in [0.2, 0.25) is 0 Å². The van der Waals surface area contributed by atoms with Crippen LogP contribution in [0.3, 0.4) is 0 Å². The molecule has 1 unspecified atom stereocenters. The summed E-state index contributed by atoms with van der Waals surface area (Å²) in [5.74, 6) is -0.0742. The van der Waals surface area contributed by atoms with Crippen molar-refractivity contribution in [2.75, 3.05) is 6.61 Å². The van der Waals surface area contributed by atoms with E-state index in [0.717, 1.165) is 0 Å². The normalized spacial score (nSPS) is 26.2.